The summed E-state index contributed by atoms with van der Waals surface area (Å²) in [6, 6.07) is 4.47. The molecule has 5 heteroatoms. The van der Waals surface area contributed by atoms with Crippen LogP contribution in [-0.2, 0) is 0 Å². The van der Waals surface area contributed by atoms with Crippen molar-refractivity contribution in [2.24, 2.45) is 5.92 Å². The van der Waals surface area contributed by atoms with Crippen LogP contribution in [0.5, 0.6) is 0 Å². The number of carboxylic acids is 1. The number of carbonyl (C=O) groups excluding carboxylic acids is 1. The number of aryl methyl sites for hydroxylation is 1. The van der Waals surface area contributed by atoms with E-state index in [4.69, 9.17) is 5.11 Å². The fraction of sp³-hybridized carbons (Fsp3) is 0.500. The van der Waals surface area contributed by atoms with E-state index in [0.717, 1.165) is 18.4 Å². The topological polar surface area (TPSA) is 78.4 Å². The number of urea groups is 1. The smallest absolute Gasteiger partial charge is 0.335 e. The number of benzene rings is 1. The van der Waals surface area contributed by atoms with E-state index in [9.17, 15) is 9.59 Å². The van der Waals surface area contributed by atoms with Crippen LogP contribution in [0, 0.1) is 12.8 Å². The minimum Gasteiger partial charge on any atom is -0.478 e. The molecule has 0 saturated heterocycles. The molecule has 1 aromatic rings. The predicted molar refractivity (Wildman–Crippen MR) is 83.8 cm³/mol. The Hall–Kier alpha value is -2.04. The van der Waals surface area contributed by atoms with Gasteiger partial charge in [-0.15, -0.1) is 0 Å². The van der Waals surface area contributed by atoms with Gasteiger partial charge in [0.2, 0.25) is 0 Å². The van der Waals surface area contributed by atoms with Gasteiger partial charge in [-0.25, -0.2) is 9.59 Å². The Morgan fingerprint density at radius 2 is 1.86 bits per heavy atom. The van der Waals surface area contributed by atoms with Crippen molar-refractivity contribution in [3.05, 3.63) is 29.3 Å². The molecule has 21 heavy (non-hydrogen) atoms. The van der Waals surface area contributed by atoms with E-state index < -0.39 is 5.97 Å². The maximum absolute atomic E-state index is 12.0. The van der Waals surface area contributed by atoms with Crippen LogP contribution in [0.3, 0.4) is 0 Å². The van der Waals surface area contributed by atoms with Crippen molar-refractivity contribution in [3.63, 3.8) is 0 Å². The molecule has 0 spiro atoms. The maximum Gasteiger partial charge on any atom is 0.335 e. The Morgan fingerprint density at radius 3 is 2.33 bits per heavy atom. The monoisotopic (exact) mass is 292 g/mol. The molecule has 0 aliphatic carbocycles. The number of rotatable bonds is 6. The SMILES string of the molecule is CCC(CC)C(C)NC(=O)Nc1ccc(C(=O)O)cc1C. The third kappa shape index (κ3) is 4.77. The van der Waals surface area contributed by atoms with E-state index in [1.165, 1.54) is 6.07 Å². The second-order valence-corrected chi connectivity index (χ2v) is 5.30. The van der Waals surface area contributed by atoms with Crippen LogP contribution >= 0.6 is 0 Å². The Kier molecular flexibility index (Phi) is 6.21. The molecule has 0 aromatic heterocycles. The number of nitrogens with one attached hydrogen (secondary N) is 2. The molecular formula is C16H24N2O3. The van der Waals surface area contributed by atoms with Gasteiger partial charge in [-0.2, -0.15) is 0 Å². The van der Waals surface area contributed by atoms with E-state index in [0.29, 0.717) is 11.6 Å². The summed E-state index contributed by atoms with van der Waals surface area (Å²) in [5.41, 5.74) is 1.55. The van der Waals surface area contributed by atoms with Crippen LogP contribution in [-0.4, -0.2) is 23.1 Å². The van der Waals surface area contributed by atoms with Crippen molar-refractivity contribution in [1.82, 2.24) is 5.32 Å². The molecule has 0 radical (unpaired) electrons. The minimum atomic E-state index is -0.976. The molecule has 0 aliphatic heterocycles. The summed E-state index contributed by atoms with van der Waals surface area (Å²) in [6.07, 6.45) is 2.04. The third-order valence-corrected chi connectivity index (χ3v) is 3.84. The predicted octanol–water partition coefficient (Wildman–Crippen LogP) is 3.64. The summed E-state index contributed by atoms with van der Waals surface area (Å²) >= 11 is 0. The summed E-state index contributed by atoms with van der Waals surface area (Å²) in [4.78, 5) is 22.9. The van der Waals surface area contributed by atoms with Gasteiger partial charge in [-0.05, 0) is 43.5 Å². The fourth-order valence-corrected chi connectivity index (χ4v) is 2.42. The van der Waals surface area contributed by atoms with Gasteiger partial charge in [0, 0.05) is 11.7 Å². The highest BCUT2D eigenvalue weighted by Crippen LogP contribution is 2.17. The van der Waals surface area contributed by atoms with Crippen LogP contribution < -0.4 is 10.6 Å². The van der Waals surface area contributed by atoms with Crippen LogP contribution in [0.25, 0.3) is 0 Å². The zero-order valence-electron chi connectivity index (χ0n) is 13.1. The normalized spacial score (nSPS) is 12.0. The van der Waals surface area contributed by atoms with Gasteiger partial charge in [-0.3, -0.25) is 0 Å². The number of carboxylic acid groups (broad SMARTS) is 1. The van der Waals surface area contributed by atoms with Crippen molar-refractivity contribution in [2.45, 2.75) is 46.6 Å². The second-order valence-electron chi connectivity index (χ2n) is 5.30. The van der Waals surface area contributed by atoms with Crippen molar-refractivity contribution < 1.29 is 14.7 Å². The maximum atomic E-state index is 12.0. The lowest BCUT2D eigenvalue weighted by Crippen LogP contribution is -2.40. The van der Waals surface area contributed by atoms with Crippen LogP contribution in [0.15, 0.2) is 18.2 Å². The van der Waals surface area contributed by atoms with Gasteiger partial charge >= 0.3 is 12.0 Å². The second kappa shape index (κ2) is 7.67. The van der Waals surface area contributed by atoms with Gasteiger partial charge in [0.25, 0.3) is 0 Å². The molecule has 5 nitrogen and oxygen atoms in total. The summed E-state index contributed by atoms with van der Waals surface area (Å²) in [6.45, 7) is 7.99. The van der Waals surface area contributed by atoms with Crippen molar-refractivity contribution in [2.75, 3.05) is 5.32 Å². The molecule has 0 heterocycles. The zero-order chi connectivity index (χ0) is 16.0. The van der Waals surface area contributed by atoms with Crippen LogP contribution in [0.2, 0.25) is 0 Å². The highest BCUT2D eigenvalue weighted by atomic mass is 16.4. The van der Waals surface area contributed by atoms with Crippen molar-refractivity contribution in [1.29, 1.82) is 0 Å². The van der Waals surface area contributed by atoms with Crippen molar-refractivity contribution in [3.8, 4) is 0 Å². The lowest BCUT2D eigenvalue weighted by atomic mass is 9.96. The average Bonchev–Trinajstić information content (AvgIpc) is 2.42. The summed E-state index contributed by atoms with van der Waals surface area (Å²) in [7, 11) is 0. The van der Waals surface area contributed by atoms with Gasteiger partial charge in [0.05, 0.1) is 5.56 Å². The Morgan fingerprint density at radius 1 is 1.24 bits per heavy atom. The molecule has 1 atom stereocenters. The molecule has 116 valence electrons. The Bertz CT molecular complexity index is 510. The molecule has 3 N–H and O–H groups in total. The first-order valence-electron chi connectivity index (χ1n) is 7.30. The van der Waals surface area contributed by atoms with Crippen LogP contribution in [0.1, 0.15) is 49.5 Å². The first kappa shape index (κ1) is 17.0. The number of hydrogen-bond donors (Lipinski definition) is 3. The molecule has 0 bridgehead atoms. The quantitative estimate of drug-likeness (QED) is 0.749. The van der Waals surface area contributed by atoms with Crippen LogP contribution in [0.4, 0.5) is 10.5 Å². The highest BCUT2D eigenvalue weighted by molar-refractivity contribution is 5.92. The molecule has 0 saturated carbocycles. The number of aromatic carboxylic acids is 1. The lowest BCUT2D eigenvalue weighted by Gasteiger charge is -2.22. The number of amides is 2. The molecular weight excluding hydrogens is 268 g/mol. The highest BCUT2D eigenvalue weighted by Gasteiger charge is 2.16. The van der Waals surface area contributed by atoms with E-state index >= 15 is 0 Å². The third-order valence-electron chi connectivity index (χ3n) is 3.84. The zero-order valence-corrected chi connectivity index (χ0v) is 13.1. The number of anilines is 1. The summed E-state index contributed by atoms with van der Waals surface area (Å²) in [5, 5.41) is 14.6. The van der Waals surface area contributed by atoms with Crippen molar-refractivity contribution >= 4 is 17.7 Å². The average molecular weight is 292 g/mol. The number of carbonyl (C=O) groups is 2. The first-order valence-corrected chi connectivity index (χ1v) is 7.30. The van der Waals surface area contributed by atoms with Gasteiger partial charge < -0.3 is 15.7 Å². The molecule has 1 rings (SSSR count). The van der Waals surface area contributed by atoms with E-state index in [-0.39, 0.29) is 17.6 Å². The summed E-state index contributed by atoms with van der Waals surface area (Å²) < 4.78 is 0. The molecule has 1 aromatic carbocycles. The molecule has 2 amide bonds. The first-order chi connectivity index (χ1) is 9.88. The molecule has 0 fully saturated rings. The van der Waals surface area contributed by atoms with E-state index in [2.05, 4.69) is 24.5 Å². The van der Waals surface area contributed by atoms with E-state index in [1.54, 1.807) is 19.1 Å². The fourth-order valence-electron chi connectivity index (χ4n) is 2.42. The minimum absolute atomic E-state index is 0.0959. The molecule has 0 aliphatic rings. The Labute approximate surface area is 125 Å². The van der Waals surface area contributed by atoms with E-state index in [1.807, 2.05) is 6.92 Å². The Balaban J connectivity index is 2.69. The van der Waals surface area contributed by atoms with Gasteiger partial charge in [-0.1, -0.05) is 26.7 Å². The van der Waals surface area contributed by atoms with Gasteiger partial charge in [0.15, 0.2) is 0 Å². The summed E-state index contributed by atoms with van der Waals surface area (Å²) in [5.74, 6) is -0.525. The van der Waals surface area contributed by atoms with Gasteiger partial charge in [0.1, 0.15) is 0 Å². The lowest BCUT2D eigenvalue weighted by molar-refractivity contribution is 0.0697. The molecule has 1 unspecified atom stereocenters. The number of hydrogen-bond acceptors (Lipinski definition) is 2. The largest absolute Gasteiger partial charge is 0.478 e. The standard InChI is InChI=1S/C16H24N2O3/c1-5-12(6-2)11(4)17-16(21)18-14-8-7-13(15(19)20)9-10(14)3/h7-9,11-12H,5-6H2,1-4H3,(H,19,20)(H2,17,18,21).